The van der Waals surface area contributed by atoms with Crippen LogP contribution in [0.15, 0.2) is 47.4 Å². The molecule has 1 atom stereocenters. The highest BCUT2D eigenvalue weighted by Gasteiger charge is 2.38. The number of amides is 1. The first-order chi connectivity index (χ1) is 15.6. The summed E-state index contributed by atoms with van der Waals surface area (Å²) in [6.07, 6.45) is 5.54. The number of aromatic amines is 1. The second-order valence-electron chi connectivity index (χ2n) is 7.46. The molecule has 1 amide bonds. The van der Waals surface area contributed by atoms with E-state index in [-0.39, 0.29) is 11.8 Å². The number of carbonyl (C=O) groups excluding carboxylic acids is 1. The van der Waals surface area contributed by atoms with Gasteiger partial charge in [-0.3, -0.25) is 9.48 Å². The summed E-state index contributed by atoms with van der Waals surface area (Å²) in [4.78, 5) is 22.5. The van der Waals surface area contributed by atoms with Gasteiger partial charge in [0, 0.05) is 38.1 Å². The summed E-state index contributed by atoms with van der Waals surface area (Å²) in [5.74, 6) is -0.877. The maximum absolute atomic E-state index is 14.3. The summed E-state index contributed by atoms with van der Waals surface area (Å²) in [6, 6.07) is 5.63. The smallest absolute Gasteiger partial charge is 0.312 e. The minimum atomic E-state index is -0.637. The first-order valence-electron chi connectivity index (χ1n) is 9.89. The predicted octanol–water partition coefficient (Wildman–Crippen LogP) is 1.77. The molecule has 5 aromatic heterocycles. The van der Waals surface area contributed by atoms with Crippen molar-refractivity contribution in [2.24, 2.45) is 7.05 Å². The highest BCUT2D eigenvalue weighted by atomic mass is 19.1. The van der Waals surface area contributed by atoms with Crippen LogP contribution in [0, 0.1) is 5.82 Å². The molecule has 5 aromatic rings. The lowest BCUT2D eigenvalue weighted by Crippen LogP contribution is -2.41. The van der Waals surface area contributed by atoms with Crippen molar-refractivity contribution in [3.05, 3.63) is 71.8 Å². The number of carbonyl (C=O) groups is 1. The fourth-order valence-corrected chi connectivity index (χ4v) is 3.99. The zero-order valence-electron chi connectivity index (χ0n) is 16.8. The lowest BCUT2D eigenvalue weighted by molar-refractivity contribution is 0.0646. The molecule has 160 valence electrons. The molecule has 32 heavy (non-hydrogen) atoms. The molecule has 11 nitrogen and oxygen atoms in total. The van der Waals surface area contributed by atoms with Crippen LogP contribution < -0.4 is 0 Å². The maximum Gasteiger partial charge on any atom is 0.312 e. The van der Waals surface area contributed by atoms with Crippen LogP contribution >= 0.6 is 0 Å². The number of hydrogen-bond acceptors (Lipinski definition) is 7. The van der Waals surface area contributed by atoms with E-state index in [0.717, 1.165) is 5.69 Å². The highest BCUT2D eigenvalue weighted by molar-refractivity contribution is 5.90. The van der Waals surface area contributed by atoms with Gasteiger partial charge in [0.25, 0.3) is 5.89 Å². The molecule has 12 heteroatoms. The zero-order valence-corrected chi connectivity index (χ0v) is 16.8. The molecule has 0 aliphatic carbocycles. The minimum Gasteiger partial charge on any atom is -0.411 e. The van der Waals surface area contributed by atoms with E-state index in [0.29, 0.717) is 35.6 Å². The molecule has 1 N–H and O–H groups in total. The molecule has 1 aliphatic heterocycles. The number of halogens is 1. The van der Waals surface area contributed by atoms with Crippen LogP contribution in [0.25, 0.3) is 17.1 Å². The van der Waals surface area contributed by atoms with E-state index in [9.17, 15) is 9.18 Å². The number of nitrogens with zero attached hydrogens (tertiary/aromatic N) is 8. The van der Waals surface area contributed by atoms with E-state index in [1.165, 1.54) is 10.6 Å². The van der Waals surface area contributed by atoms with Crippen molar-refractivity contribution in [3.63, 3.8) is 0 Å². The monoisotopic (exact) mass is 433 g/mol. The lowest BCUT2D eigenvalue weighted by atomic mass is 9.99. The Hall–Kier alpha value is -4.35. The normalized spacial score (nSPS) is 15.9. The zero-order chi connectivity index (χ0) is 21.8. The largest absolute Gasteiger partial charge is 0.411 e. The second kappa shape index (κ2) is 6.83. The van der Waals surface area contributed by atoms with Gasteiger partial charge in [-0.05, 0) is 24.3 Å². The van der Waals surface area contributed by atoms with Crippen LogP contribution in [0.2, 0.25) is 0 Å². The first kappa shape index (κ1) is 18.4. The first-order valence-corrected chi connectivity index (χ1v) is 9.89. The predicted molar refractivity (Wildman–Crippen MR) is 107 cm³/mol. The Balaban J connectivity index is 1.41. The fourth-order valence-electron chi connectivity index (χ4n) is 3.99. The Kier molecular flexibility index (Phi) is 3.93. The summed E-state index contributed by atoms with van der Waals surface area (Å²) in [5, 5.41) is 16.6. The molecule has 0 fully saturated rings. The Morgan fingerprint density at radius 1 is 1.25 bits per heavy atom. The van der Waals surface area contributed by atoms with Gasteiger partial charge in [-0.15, -0.1) is 10.2 Å². The third-order valence-corrected chi connectivity index (χ3v) is 5.48. The number of H-pyrrole nitrogens is 1. The molecular weight excluding hydrogens is 417 g/mol. The van der Waals surface area contributed by atoms with Gasteiger partial charge in [-0.2, -0.15) is 10.2 Å². The number of nitrogens with one attached hydrogen (secondary N) is 1. The van der Waals surface area contributed by atoms with Crippen LogP contribution in [-0.4, -0.2) is 56.9 Å². The van der Waals surface area contributed by atoms with Crippen molar-refractivity contribution in [1.29, 1.82) is 0 Å². The van der Waals surface area contributed by atoms with Crippen LogP contribution in [-0.2, 0) is 13.5 Å². The SMILES string of the molecule is Cn1ccc(-c2nnc(C(=O)N3CCc4[nH]cnc4[C@H]3c3cc4c(F)cccn4n3)o2)n1. The maximum atomic E-state index is 14.3. The second-order valence-corrected chi connectivity index (χ2v) is 7.46. The summed E-state index contributed by atoms with van der Waals surface area (Å²) < 4.78 is 23.0. The van der Waals surface area contributed by atoms with Gasteiger partial charge in [0.2, 0.25) is 0 Å². The molecule has 6 rings (SSSR count). The lowest BCUT2D eigenvalue weighted by Gasteiger charge is -2.32. The van der Waals surface area contributed by atoms with Crippen LogP contribution in [0.3, 0.4) is 0 Å². The van der Waals surface area contributed by atoms with Gasteiger partial charge < -0.3 is 14.3 Å². The highest BCUT2D eigenvalue weighted by Crippen LogP contribution is 2.34. The Morgan fingerprint density at radius 2 is 2.16 bits per heavy atom. The van der Waals surface area contributed by atoms with Crippen molar-refractivity contribution in [2.75, 3.05) is 6.54 Å². The molecule has 0 saturated heterocycles. The van der Waals surface area contributed by atoms with Crippen molar-refractivity contribution in [3.8, 4) is 11.6 Å². The van der Waals surface area contributed by atoms with E-state index >= 15 is 0 Å². The topological polar surface area (TPSA) is 123 Å². The van der Waals surface area contributed by atoms with E-state index in [1.54, 1.807) is 53.5 Å². The van der Waals surface area contributed by atoms with Gasteiger partial charge >= 0.3 is 11.8 Å². The quantitative estimate of drug-likeness (QED) is 0.460. The minimum absolute atomic E-state index is 0.151. The Labute approximate surface area is 179 Å². The van der Waals surface area contributed by atoms with Crippen LogP contribution in [0.4, 0.5) is 4.39 Å². The number of pyridine rings is 1. The molecule has 1 aliphatic rings. The van der Waals surface area contributed by atoms with Gasteiger partial charge in [-0.25, -0.2) is 13.9 Å². The number of aromatic nitrogens is 8. The summed E-state index contributed by atoms with van der Waals surface area (Å²) in [6.45, 7) is 0.371. The van der Waals surface area contributed by atoms with Gasteiger partial charge in [-0.1, -0.05) is 0 Å². The molecule has 0 radical (unpaired) electrons. The molecular formula is C20H16FN9O2. The number of imidazole rings is 1. The Morgan fingerprint density at radius 3 is 2.97 bits per heavy atom. The molecule has 6 heterocycles. The molecule has 0 saturated carbocycles. The van der Waals surface area contributed by atoms with Gasteiger partial charge in [0.05, 0.1) is 17.7 Å². The number of aryl methyl sites for hydroxylation is 1. The molecule has 0 bridgehead atoms. The Bertz CT molecular complexity index is 1460. The van der Waals surface area contributed by atoms with E-state index in [1.807, 2.05) is 0 Å². The average Bonchev–Trinajstić information content (AvgIpc) is 3.57. The van der Waals surface area contributed by atoms with Crippen molar-refractivity contribution < 1.29 is 13.6 Å². The third-order valence-electron chi connectivity index (χ3n) is 5.48. The summed E-state index contributed by atoms with van der Waals surface area (Å²) in [5.41, 5.74) is 2.82. The average molecular weight is 433 g/mol. The fraction of sp³-hybridized carbons (Fsp3) is 0.200. The summed E-state index contributed by atoms with van der Waals surface area (Å²) >= 11 is 0. The number of rotatable bonds is 3. The number of fused-ring (bicyclic) bond motifs is 2. The van der Waals surface area contributed by atoms with Crippen LogP contribution in [0.5, 0.6) is 0 Å². The summed E-state index contributed by atoms with van der Waals surface area (Å²) in [7, 11) is 1.77. The van der Waals surface area contributed by atoms with Crippen molar-refractivity contribution >= 4 is 11.4 Å². The standard InChI is InChI=1S/C20H16FN9O2/c1-28-7-4-13(26-28)18-24-25-19(32-18)20(31)29-8-5-12-16(23-10-22-12)17(29)14-9-15-11(21)3-2-6-30(15)27-14/h2-4,6-7,9-10,17H,5,8H2,1H3,(H,22,23)/t17-/m1/s1. The van der Waals surface area contributed by atoms with Crippen molar-refractivity contribution in [1.82, 2.24) is 44.5 Å². The van der Waals surface area contributed by atoms with E-state index < -0.39 is 17.8 Å². The van der Waals surface area contributed by atoms with Crippen molar-refractivity contribution in [2.45, 2.75) is 12.5 Å². The van der Waals surface area contributed by atoms with Gasteiger partial charge in [0.1, 0.15) is 23.1 Å². The third kappa shape index (κ3) is 2.80. The molecule has 0 aromatic carbocycles. The number of hydrogen-bond donors (Lipinski definition) is 1. The van der Waals surface area contributed by atoms with E-state index in [4.69, 9.17) is 4.42 Å². The van der Waals surface area contributed by atoms with Crippen LogP contribution in [0.1, 0.15) is 33.8 Å². The van der Waals surface area contributed by atoms with Gasteiger partial charge in [0.15, 0.2) is 0 Å². The molecule has 0 spiro atoms. The molecule has 0 unspecified atom stereocenters. The van der Waals surface area contributed by atoms with E-state index in [2.05, 4.69) is 30.4 Å².